The topological polar surface area (TPSA) is 41.6 Å². The molecule has 1 atom stereocenters. The molecule has 1 aliphatic heterocycles. The molecule has 1 unspecified atom stereocenters. The van der Waals surface area contributed by atoms with E-state index in [1.165, 1.54) is 11.6 Å². The number of nitrogens with zero attached hydrogens (tertiary/aromatic N) is 1. The molecular formula is C22H26F2N2O2. The van der Waals surface area contributed by atoms with Crippen LogP contribution in [0.15, 0.2) is 54.6 Å². The zero-order valence-corrected chi connectivity index (χ0v) is 16.0. The fourth-order valence-electron chi connectivity index (χ4n) is 3.66. The number of ether oxygens (including phenoxy) is 1. The number of alkyl halides is 2. The van der Waals surface area contributed by atoms with Crippen molar-refractivity contribution in [3.8, 4) is 5.75 Å². The highest BCUT2D eigenvalue weighted by atomic mass is 19.3. The average Bonchev–Trinajstić information content (AvgIpc) is 2.70. The Kier molecular flexibility index (Phi) is 6.98. The minimum Gasteiger partial charge on any atom is -0.433 e. The van der Waals surface area contributed by atoms with Gasteiger partial charge in [0.2, 0.25) is 5.91 Å². The summed E-state index contributed by atoms with van der Waals surface area (Å²) in [5.74, 6) is 0.375. The maximum absolute atomic E-state index is 12.6. The molecule has 0 spiro atoms. The van der Waals surface area contributed by atoms with Crippen molar-refractivity contribution in [3.05, 3.63) is 60.2 Å². The summed E-state index contributed by atoms with van der Waals surface area (Å²) in [6.07, 6.45) is 3.14. The quantitative estimate of drug-likeness (QED) is 0.756. The van der Waals surface area contributed by atoms with Crippen LogP contribution in [0.25, 0.3) is 0 Å². The summed E-state index contributed by atoms with van der Waals surface area (Å²) in [6, 6.07) is 16.4. The predicted molar refractivity (Wildman–Crippen MR) is 106 cm³/mol. The Morgan fingerprint density at radius 3 is 2.43 bits per heavy atom. The second-order valence-corrected chi connectivity index (χ2v) is 7.21. The van der Waals surface area contributed by atoms with Gasteiger partial charge < -0.3 is 10.1 Å². The normalized spacial score (nSPS) is 16.7. The number of carbonyl (C=O) groups is 1. The third-order valence-corrected chi connectivity index (χ3v) is 5.30. The third kappa shape index (κ3) is 5.52. The number of piperidine rings is 1. The number of likely N-dealkylation sites (tertiary alicyclic amines) is 1. The molecule has 1 aliphatic rings. The Morgan fingerprint density at radius 1 is 1.11 bits per heavy atom. The highest BCUT2D eigenvalue weighted by Crippen LogP contribution is 2.27. The van der Waals surface area contributed by atoms with Gasteiger partial charge in [-0.3, -0.25) is 9.69 Å². The molecule has 1 heterocycles. The zero-order valence-electron chi connectivity index (χ0n) is 16.0. The van der Waals surface area contributed by atoms with Gasteiger partial charge in [0.1, 0.15) is 5.75 Å². The van der Waals surface area contributed by atoms with Gasteiger partial charge in [-0.1, -0.05) is 42.5 Å². The van der Waals surface area contributed by atoms with Crippen LogP contribution in [0.3, 0.4) is 0 Å². The molecule has 2 aromatic carbocycles. The first-order valence-electron chi connectivity index (χ1n) is 9.65. The number of rotatable bonds is 7. The molecule has 28 heavy (non-hydrogen) atoms. The monoisotopic (exact) mass is 388 g/mol. The van der Waals surface area contributed by atoms with Crippen LogP contribution in [0.1, 0.15) is 25.3 Å². The number of amides is 1. The highest BCUT2D eigenvalue weighted by molar-refractivity contribution is 5.95. The van der Waals surface area contributed by atoms with Crippen LogP contribution in [-0.2, 0) is 11.2 Å². The van der Waals surface area contributed by atoms with Crippen molar-refractivity contribution in [2.24, 2.45) is 5.92 Å². The molecule has 0 aromatic heterocycles. The van der Waals surface area contributed by atoms with Gasteiger partial charge in [0.05, 0.1) is 11.7 Å². The maximum Gasteiger partial charge on any atom is 0.387 e. The van der Waals surface area contributed by atoms with Crippen molar-refractivity contribution in [1.29, 1.82) is 0 Å². The maximum atomic E-state index is 12.6. The van der Waals surface area contributed by atoms with Gasteiger partial charge in [0, 0.05) is 0 Å². The summed E-state index contributed by atoms with van der Waals surface area (Å²) in [4.78, 5) is 14.8. The van der Waals surface area contributed by atoms with Crippen LogP contribution < -0.4 is 10.1 Å². The summed E-state index contributed by atoms with van der Waals surface area (Å²) in [5, 5.41) is 2.73. The van der Waals surface area contributed by atoms with Gasteiger partial charge in [0.25, 0.3) is 0 Å². The molecule has 0 saturated carbocycles. The number of benzene rings is 2. The number of hydrogen-bond acceptors (Lipinski definition) is 3. The zero-order chi connectivity index (χ0) is 19.9. The van der Waals surface area contributed by atoms with E-state index in [1.54, 1.807) is 18.2 Å². The fourth-order valence-corrected chi connectivity index (χ4v) is 3.66. The number of anilines is 1. The largest absolute Gasteiger partial charge is 0.433 e. The molecule has 6 heteroatoms. The molecule has 0 bridgehead atoms. The molecule has 1 saturated heterocycles. The van der Waals surface area contributed by atoms with E-state index in [1.807, 2.05) is 13.0 Å². The second-order valence-electron chi connectivity index (χ2n) is 7.21. The molecule has 4 nitrogen and oxygen atoms in total. The van der Waals surface area contributed by atoms with Gasteiger partial charge in [-0.2, -0.15) is 8.78 Å². The van der Waals surface area contributed by atoms with Crippen LogP contribution >= 0.6 is 0 Å². The lowest BCUT2D eigenvalue weighted by Gasteiger charge is -2.35. The van der Waals surface area contributed by atoms with Gasteiger partial charge in [0.15, 0.2) is 0 Å². The van der Waals surface area contributed by atoms with Gasteiger partial charge in [-0.05, 0) is 62.9 Å². The Balaban J connectivity index is 1.52. The molecule has 1 N–H and O–H groups in total. The molecular weight excluding hydrogens is 362 g/mol. The number of hydrogen-bond donors (Lipinski definition) is 1. The molecule has 0 radical (unpaired) electrons. The van der Waals surface area contributed by atoms with E-state index in [9.17, 15) is 13.6 Å². The van der Waals surface area contributed by atoms with Crippen molar-refractivity contribution in [3.63, 3.8) is 0 Å². The van der Waals surface area contributed by atoms with Gasteiger partial charge in [-0.15, -0.1) is 0 Å². The lowest BCUT2D eigenvalue weighted by molar-refractivity contribution is -0.121. The number of carbonyl (C=O) groups excluding carboxylic acids is 1. The van der Waals surface area contributed by atoms with E-state index >= 15 is 0 Å². The van der Waals surface area contributed by atoms with E-state index in [0.29, 0.717) is 5.92 Å². The summed E-state index contributed by atoms with van der Waals surface area (Å²) >= 11 is 0. The SMILES string of the molecule is CC(C(=O)Nc1ccccc1OC(F)F)N1CCC(Cc2ccccc2)CC1. The van der Waals surface area contributed by atoms with E-state index in [0.717, 1.165) is 32.4 Å². The van der Waals surface area contributed by atoms with Crippen molar-refractivity contribution in [1.82, 2.24) is 4.90 Å². The average molecular weight is 388 g/mol. The van der Waals surface area contributed by atoms with Crippen molar-refractivity contribution >= 4 is 11.6 Å². The van der Waals surface area contributed by atoms with E-state index in [2.05, 4.69) is 39.2 Å². The van der Waals surface area contributed by atoms with E-state index in [4.69, 9.17) is 0 Å². The van der Waals surface area contributed by atoms with Crippen LogP contribution in [0.4, 0.5) is 14.5 Å². The van der Waals surface area contributed by atoms with Crippen LogP contribution in [0.2, 0.25) is 0 Å². The Bertz CT molecular complexity index is 762. The molecule has 3 rings (SSSR count). The Labute approximate surface area is 164 Å². The van der Waals surface area contributed by atoms with Crippen LogP contribution in [0, 0.1) is 5.92 Å². The lowest BCUT2D eigenvalue weighted by atomic mass is 9.89. The summed E-state index contributed by atoms with van der Waals surface area (Å²) in [7, 11) is 0. The molecule has 0 aliphatic carbocycles. The lowest BCUT2D eigenvalue weighted by Crippen LogP contribution is -2.46. The van der Waals surface area contributed by atoms with Crippen LogP contribution in [0.5, 0.6) is 5.75 Å². The third-order valence-electron chi connectivity index (χ3n) is 5.30. The van der Waals surface area contributed by atoms with Crippen molar-refractivity contribution in [2.45, 2.75) is 38.8 Å². The predicted octanol–water partition coefficient (Wildman–Crippen LogP) is 4.57. The summed E-state index contributed by atoms with van der Waals surface area (Å²) < 4.78 is 29.6. The van der Waals surface area contributed by atoms with E-state index in [-0.39, 0.29) is 23.4 Å². The second kappa shape index (κ2) is 9.64. The Hall–Kier alpha value is -2.47. The number of para-hydroxylation sites is 2. The van der Waals surface area contributed by atoms with Gasteiger partial charge in [-0.25, -0.2) is 0 Å². The fraction of sp³-hybridized carbons (Fsp3) is 0.409. The molecule has 2 aromatic rings. The first-order chi connectivity index (χ1) is 13.5. The van der Waals surface area contributed by atoms with E-state index < -0.39 is 6.61 Å². The highest BCUT2D eigenvalue weighted by Gasteiger charge is 2.27. The minimum atomic E-state index is -2.93. The molecule has 1 amide bonds. The summed E-state index contributed by atoms with van der Waals surface area (Å²) in [6.45, 7) is 0.616. The molecule has 1 fully saturated rings. The number of nitrogens with one attached hydrogen (secondary N) is 1. The van der Waals surface area contributed by atoms with Gasteiger partial charge >= 0.3 is 6.61 Å². The minimum absolute atomic E-state index is 0.0281. The Morgan fingerprint density at radius 2 is 1.75 bits per heavy atom. The van der Waals surface area contributed by atoms with Crippen molar-refractivity contribution < 1.29 is 18.3 Å². The first kappa shape index (κ1) is 20.3. The first-order valence-corrected chi connectivity index (χ1v) is 9.65. The smallest absolute Gasteiger partial charge is 0.387 e. The number of halogens is 2. The molecule has 150 valence electrons. The van der Waals surface area contributed by atoms with Crippen LogP contribution in [-0.4, -0.2) is 36.5 Å². The summed E-state index contributed by atoms with van der Waals surface area (Å²) in [5.41, 5.74) is 1.61. The van der Waals surface area contributed by atoms with Crippen molar-refractivity contribution in [2.75, 3.05) is 18.4 Å². The standard InChI is InChI=1S/C22H26F2N2O2/c1-16(21(27)25-19-9-5-6-10-20(19)28-22(23)24)26-13-11-18(12-14-26)15-17-7-3-2-4-8-17/h2-10,16,18,22H,11-15H2,1H3,(H,25,27).